The van der Waals surface area contributed by atoms with Crippen molar-refractivity contribution >= 4 is 26.8 Å². The molecule has 1 aromatic carbocycles. The molecule has 0 aliphatic carbocycles. The quantitative estimate of drug-likeness (QED) is 0.908. The molecule has 0 spiro atoms. The first kappa shape index (κ1) is 11.7. The third-order valence-corrected chi connectivity index (χ3v) is 3.28. The summed E-state index contributed by atoms with van der Waals surface area (Å²) in [5, 5.41) is 4.72. The Hall–Kier alpha value is -0.800. The van der Waals surface area contributed by atoms with Crippen molar-refractivity contribution in [2.75, 3.05) is 6.54 Å². The van der Waals surface area contributed by atoms with Gasteiger partial charge in [0.25, 0.3) is 0 Å². The zero-order valence-electron chi connectivity index (χ0n) is 9.70. The van der Waals surface area contributed by atoms with Gasteiger partial charge in [0.05, 0.1) is 0 Å². The van der Waals surface area contributed by atoms with Crippen LogP contribution in [0.4, 0.5) is 0 Å². The number of hydrogen-bond acceptors (Lipinski definition) is 1. The van der Waals surface area contributed by atoms with E-state index in [2.05, 4.69) is 70.1 Å². The second-order valence-electron chi connectivity index (χ2n) is 4.30. The van der Waals surface area contributed by atoms with Gasteiger partial charge in [-0.15, -0.1) is 0 Å². The summed E-state index contributed by atoms with van der Waals surface area (Å²) in [5.41, 5.74) is 1.29. The summed E-state index contributed by atoms with van der Waals surface area (Å²) in [7, 11) is 0. The summed E-state index contributed by atoms with van der Waals surface area (Å²) in [6.45, 7) is 6.35. The van der Waals surface area contributed by atoms with Gasteiger partial charge in [-0.25, -0.2) is 0 Å². The van der Waals surface area contributed by atoms with Crippen molar-refractivity contribution in [1.82, 2.24) is 9.88 Å². The van der Waals surface area contributed by atoms with Gasteiger partial charge in [-0.2, -0.15) is 0 Å². The normalized spacial score (nSPS) is 11.5. The molecule has 1 heterocycles. The van der Waals surface area contributed by atoms with E-state index in [9.17, 15) is 0 Å². The Morgan fingerprint density at radius 1 is 1.31 bits per heavy atom. The molecule has 2 rings (SSSR count). The Balaban J connectivity index is 2.18. The van der Waals surface area contributed by atoms with Crippen LogP contribution >= 0.6 is 15.9 Å². The fraction of sp³-hybridized carbons (Fsp3) is 0.385. The Morgan fingerprint density at radius 2 is 2.06 bits per heavy atom. The van der Waals surface area contributed by atoms with Crippen LogP contribution < -0.4 is 5.32 Å². The molecule has 0 fully saturated rings. The number of para-hydroxylation sites is 1. The maximum absolute atomic E-state index is 3.60. The minimum absolute atomic E-state index is 0.547. The van der Waals surface area contributed by atoms with Crippen molar-refractivity contribution in [2.24, 2.45) is 0 Å². The summed E-state index contributed by atoms with van der Waals surface area (Å²) in [5.74, 6) is 0. The number of halogens is 1. The number of fused-ring (bicyclic) bond motifs is 1. The zero-order chi connectivity index (χ0) is 11.5. The van der Waals surface area contributed by atoms with Crippen molar-refractivity contribution in [3.63, 3.8) is 0 Å². The van der Waals surface area contributed by atoms with Gasteiger partial charge in [0.15, 0.2) is 0 Å². The first-order valence-electron chi connectivity index (χ1n) is 5.65. The maximum Gasteiger partial charge on any atom is 0.0492 e. The van der Waals surface area contributed by atoms with Crippen molar-refractivity contribution in [2.45, 2.75) is 26.4 Å². The van der Waals surface area contributed by atoms with Gasteiger partial charge in [0, 0.05) is 40.7 Å². The van der Waals surface area contributed by atoms with Crippen LogP contribution in [0, 0.1) is 0 Å². The van der Waals surface area contributed by atoms with Gasteiger partial charge in [0.2, 0.25) is 0 Å². The summed E-state index contributed by atoms with van der Waals surface area (Å²) in [6.07, 6.45) is 2.16. The molecule has 2 nitrogen and oxygen atoms in total. The van der Waals surface area contributed by atoms with E-state index in [0.717, 1.165) is 13.1 Å². The lowest BCUT2D eigenvalue weighted by Crippen LogP contribution is -2.26. The lowest BCUT2D eigenvalue weighted by molar-refractivity contribution is 0.547. The summed E-state index contributed by atoms with van der Waals surface area (Å²) >= 11 is 3.60. The number of aromatic nitrogens is 1. The standard InChI is InChI=1S/C13H17BrN2/c1-10(2)15-7-8-16-9-12(14)11-5-3-4-6-13(11)16/h3-6,9-10,15H,7-8H2,1-2H3. The SMILES string of the molecule is CC(C)NCCn1cc(Br)c2ccccc21. The molecule has 0 aliphatic heterocycles. The number of benzene rings is 1. The molecule has 0 saturated carbocycles. The van der Waals surface area contributed by atoms with E-state index in [-0.39, 0.29) is 0 Å². The second-order valence-corrected chi connectivity index (χ2v) is 5.15. The lowest BCUT2D eigenvalue weighted by Gasteiger charge is -2.09. The van der Waals surface area contributed by atoms with Crippen molar-refractivity contribution in [3.8, 4) is 0 Å². The average molecular weight is 281 g/mol. The van der Waals surface area contributed by atoms with Crippen LogP contribution in [0.2, 0.25) is 0 Å². The van der Waals surface area contributed by atoms with E-state index < -0.39 is 0 Å². The zero-order valence-corrected chi connectivity index (χ0v) is 11.3. The van der Waals surface area contributed by atoms with Crippen molar-refractivity contribution in [3.05, 3.63) is 34.9 Å². The van der Waals surface area contributed by atoms with Gasteiger partial charge < -0.3 is 9.88 Å². The van der Waals surface area contributed by atoms with E-state index in [1.165, 1.54) is 15.4 Å². The fourth-order valence-corrected chi connectivity index (χ4v) is 2.44. The van der Waals surface area contributed by atoms with E-state index >= 15 is 0 Å². The number of nitrogens with one attached hydrogen (secondary N) is 1. The van der Waals surface area contributed by atoms with Crippen LogP contribution in [0.1, 0.15) is 13.8 Å². The molecule has 1 N–H and O–H groups in total. The van der Waals surface area contributed by atoms with Gasteiger partial charge in [-0.05, 0) is 22.0 Å². The summed E-state index contributed by atoms with van der Waals surface area (Å²) < 4.78 is 3.46. The molecule has 3 heteroatoms. The minimum Gasteiger partial charge on any atom is -0.345 e. The topological polar surface area (TPSA) is 17.0 Å². The van der Waals surface area contributed by atoms with Crippen molar-refractivity contribution < 1.29 is 0 Å². The molecular weight excluding hydrogens is 264 g/mol. The molecule has 0 aliphatic rings. The molecule has 0 unspecified atom stereocenters. The highest BCUT2D eigenvalue weighted by Gasteiger charge is 2.04. The smallest absolute Gasteiger partial charge is 0.0492 e. The van der Waals surface area contributed by atoms with Crippen LogP contribution in [0.3, 0.4) is 0 Å². The van der Waals surface area contributed by atoms with E-state index in [1.54, 1.807) is 0 Å². The molecule has 0 amide bonds. The molecule has 16 heavy (non-hydrogen) atoms. The number of hydrogen-bond donors (Lipinski definition) is 1. The number of rotatable bonds is 4. The molecule has 1 aromatic heterocycles. The van der Waals surface area contributed by atoms with Gasteiger partial charge in [-0.1, -0.05) is 32.0 Å². The number of nitrogens with zero attached hydrogens (tertiary/aromatic N) is 1. The summed E-state index contributed by atoms with van der Waals surface area (Å²) in [6, 6.07) is 9.01. The largest absolute Gasteiger partial charge is 0.345 e. The molecule has 2 aromatic rings. The van der Waals surface area contributed by atoms with Crippen LogP contribution in [0.5, 0.6) is 0 Å². The molecule has 0 radical (unpaired) electrons. The van der Waals surface area contributed by atoms with E-state index in [4.69, 9.17) is 0 Å². The van der Waals surface area contributed by atoms with E-state index in [0.29, 0.717) is 6.04 Å². The monoisotopic (exact) mass is 280 g/mol. The van der Waals surface area contributed by atoms with E-state index in [1.807, 2.05) is 0 Å². The Morgan fingerprint density at radius 3 is 2.81 bits per heavy atom. The predicted molar refractivity (Wildman–Crippen MR) is 72.8 cm³/mol. The third kappa shape index (κ3) is 2.47. The van der Waals surface area contributed by atoms with Crippen LogP contribution in [0.25, 0.3) is 10.9 Å². The van der Waals surface area contributed by atoms with Gasteiger partial charge in [-0.3, -0.25) is 0 Å². The van der Waals surface area contributed by atoms with Crippen LogP contribution in [0.15, 0.2) is 34.9 Å². The average Bonchev–Trinajstić information content (AvgIpc) is 2.57. The first-order valence-corrected chi connectivity index (χ1v) is 6.44. The molecule has 0 bridgehead atoms. The first-order chi connectivity index (χ1) is 7.68. The Labute approximate surface area is 105 Å². The highest BCUT2D eigenvalue weighted by Crippen LogP contribution is 2.25. The second kappa shape index (κ2) is 5.02. The maximum atomic E-state index is 3.60. The Bertz CT molecular complexity index is 474. The third-order valence-electron chi connectivity index (χ3n) is 2.65. The highest BCUT2D eigenvalue weighted by atomic mass is 79.9. The molecule has 0 saturated heterocycles. The minimum atomic E-state index is 0.547. The molecule has 86 valence electrons. The summed E-state index contributed by atoms with van der Waals surface area (Å²) in [4.78, 5) is 0. The Kier molecular flexibility index (Phi) is 3.66. The molecular formula is C13H17BrN2. The van der Waals surface area contributed by atoms with Crippen LogP contribution in [-0.2, 0) is 6.54 Å². The lowest BCUT2D eigenvalue weighted by atomic mass is 10.2. The highest BCUT2D eigenvalue weighted by molar-refractivity contribution is 9.10. The van der Waals surface area contributed by atoms with Crippen molar-refractivity contribution in [1.29, 1.82) is 0 Å². The predicted octanol–water partition coefficient (Wildman–Crippen LogP) is 3.40. The van der Waals surface area contributed by atoms with Gasteiger partial charge >= 0.3 is 0 Å². The van der Waals surface area contributed by atoms with Gasteiger partial charge in [0.1, 0.15) is 0 Å². The fourth-order valence-electron chi connectivity index (χ4n) is 1.86. The van der Waals surface area contributed by atoms with Crippen LogP contribution in [-0.4, -0.2) is 17.2 Å². The molecule has 0 atom stereocenters.